The van der Waals surface area contributed by atoms with E-state index in [1.165, 1.54) is 17.7 Å². The second kappa shape index (κ2) is 9.21. The number of nitrogens with zero attached hydrogens (tertiary/aromatic N) is 1. The molecule has 1 fully saturated rings. The summed E-state index contributed by atoms with van der Waals surface area (Å²) in [6, 6.07) is 11.5. The van der Waals surface area contributed by atoms with Gasteiger partial charge >= 0.3 is 0 Å². The van der Waals surface area contributed by atoms with E-state index in [4.69, 9.17) is 0 Å². The summed E-state index contributed by atoms with van der Waals surface area (Å²) in [6.45, 7) is 6.40. The van der Waals surface area contributed by atoms with Crippen molar-refractivity contribution in [3.8, 4) is 0 Å². The molecule has 1 saturated heterocycles. The largest absolute Gasteiger partial charge is 0.352 e. The molecular formula is C18H28N2OS. The average molecular weight is 321 g/mol. The number of rotatable bonds is 7. The smallest absolute Gasteiger partial charge is 0.219 e. The molecular weight excluding hydrogens is 292 g/mol. The van der Waals surface area contributed by atoms with Gasteiger partial charge in [-0.25, -0.2) is 0 Å². The lowest BCUT2D eigenvalue weighted by atomic mass is 10.0. The zero-order valence-corrected chi connectivity index (χ0v) is 14.6. The first-order valence-electron chi connectivity index (χ1n) is 8.40. The normalized spacial score (nSPS) is 20.5. The fourth-order valence-corrected chi connectivity index (χ4v) is 3.95. The van der Waals surface area contributed by atoms with Crippen molar-refractivity contribution >= 4 is 17.7 Å². The molecule has 0 aromatic heterocycles. The van der Waals surface area contributed by atoms with Gasteiger partial charge in [0, 0.05) is 29.9 Å². The molecule has 1 N–H and O–H groups in total. The number of amides is 1. The molecule has 4 heteroatoms. The van der Waals surface area contributed by atoms with E-state index in [1.807, 2.05) is 18.7 Å². The molecule has 22 heavy (non-hydrogen) atoms. The van der Waals surface area contributed by atoms with Gasteiger partial charge in [-0.15, -0.1) is 11.8 Å². The summed E-state index contributed by atoms with van der Waals surface area (Å²) < 4.78 is 0. The number of hydrogen-bond donors (Lipinski definition) is 1. The van der Waals surface area contributed by atoms with Crippen molar-refractivity contribution in [2.45, 2.75) is 56.5 Å². The molecule has 122 valence electrons. The lowest BCUT2D eigenvalue weighted by molar-refractivity contribution is -0.121. The Kier molecular flexibility index (Phi) is 7.26. The maximum Gasteiger partial charge on any atom is 0.219 e. The van der Waals surface area contributed by atoms with Crippen molar-refractivity contribution in [2.24, 2.45) is 0 Å². The van der Waals surface area contributed by atoms with Crippen LogP contribution < -0.4 is 5.32 Å². The van der Waals surface area contributed by atoms with Crippen LogP contribution in [0.25, 0.3) is 0 Å². The van der Waals surface area contributed by atoms with E-state index >= 15 is 0 Å². The Bertz CT molecular complexity index is 452. The van der Waals surface area contributed by atoms with Gasteiger partial charge in [-0.1, -0.05) is 25.1 Å². The van der Waals surface area contributed by atoms with E-state index in [9.17, 15) is 4.79 Å². The first-order valence-corrected chi connectivity index (χ1v) is 9.39. The van der Waals surface area contributed by atoms with E-state index in [0.717, 1.165) is 25.3 Å². The van der Waals surface area contributed by atoms with Crippen molar-refractivity contribution in [1.29, 1.82) is 0 Å². The van der Waals surface area contributed by atoms with Crippen molar-refractivity contribution in [3.63, 3.8) is 0 Å². The highest BCUT2D eigenvalue weighted by molar-refractivity contribution is 7.99. The third-order valence-electron chi connectivity index (χ3n) is 4.31. The van der Waals surface area contributed by atoms with Crippen LogP contribution >= 0.6 is 11.8 Å². The molecule has 1 aliphatic heterocycles. The Labute approximate surface area is 138 Å². The lowest BCUT2D eigenvalue weighted by Gasteiger charge is -2.37. The Hall–Kier alpha value is -1.00. The first-order chi connectivity index (χ1) is 10.7. The first kappa shape index (κ1) is 17.4. The summed E-state index contributed by atoms with van der Waals surface area (Å²) in [5.74, 6) is 1.33. The van der Waals surface area contributed by atoms with E-state index in [2.05, 4.69) is 47.5 Å². The molecule has 1 amide bonds. The fraction of sp³-hybridized carbons (Fsp3) is 0.611. The minimum absolute atomic E-state index is 0.180. The van der Waals surface area contributed by atoms with E-state index in [0.29, 0.717) is 18.5 Å². The van der Waals surface area contributed by atoms with Gasteiger partial charge in [0.1, 0.15) is 0 Å². The predicted molar refractivity (Wildman–Crippen MR) is 94.3 cm³/mol. The quantitative estimate of drug-likeness (QED) is 0.780. The van der Waals surface area contributed by atoms with E-state index in [1.54, 1.807) is 0 Å². The van der Waals surface area contributed by atoms with Crippen molar-refractivity contribution in [3.05, 3.63) is 30.3 Å². The van der Waals surface area contributed by atoms with Gasteiger partial charge in [0.25, 0.3) is 0 Å². The van der Waals surface area contributed by atoms with E-state index in [-0.39, 0.29) is 5.91 Å². The number of piperidine rings is 1. The predicted octanol–water partition coefficient (Wildman–Crippen LogP) is 3.55. The highest BCUT2D eigenvalue weighted by Crippen LogP contribution is 2.21. The summed E-state index contributed by atoms with van der Waals surface area (Å²) in [5, 5.41) is 3.15. The molecule has 1 aromatic rings. The molecule has 0 bridgehead atoms. The second-order valence-corrected chi connectivity index (χ2v) is 7.22. The van der Waals surface area contributed by atoms with Gasteiger partial charge in [0.15, 0.2) is 0 Å². The third kappa shape index (κ3) is 5.65. The highest BCUT2D eigenvalue weighted by atomic mass is 32.2. The summed E-state index contributed by atoms with van der Waals surface area (Å²) in [6.07, 6.45) is 4.08. The van der Waals surface area contributed by atoms with Crippen LogP contribution in [0.4, 0.5) is 0 Å². The molecule has 1 aromatic carbocycles. The fourth-order valence-electron chi connectivity index (χ4n) is 2.90. The average Bonchev–Trinajstić information content (AvgIpc) is 2.56. The third-order valence-corrected chi connectivity index (χ3v) is 5.36. The zero-order chi connectivity index (χ0) is 15.8. The topological polar surface area (TPSA) is 32.3 Å². The molecule has 2 rings (SSSR count). The molecule has 0 saturated carbocycles. The van der Waals surface area contributed by atoms with Crippen LogP contribution in [-0.4, -0.2) is 41.7 Å². The van der Waals surface area contributed by atoms with Crippen LogP contribution in [0.2, 0.25) is 0 Å². The number of nitrogens with one attached hydrogen (secondary N) is 1. The molecule has 0 unspecified atom stereocenters. The molecule has 0 spiro atoms. The van der Waals surface area contributed by atoms with Gasteiger partial charge in [0.2, 0.25) is 5.91 Å². The summed E-state index contributed by atoms with van der Waals surface area (Å²) in [5.41, 5.74) is 0. The number of thioether (sulfide) groups is 1. The number of benzene rings is 1. The van der Waals surface area contributed by atoms with Crippen LogP contribution in [0.5, 0.6) is 0 Å². The molecule has 0 aliphatic carbocycles. The molecule has 1 heterocycles. The van der Waals surface area contributed by atoms with Crippen molar-refractivity contribution < 1.29 is 4.79 Å². The second-order valence-electron chi connectivity index (χ2n) is 6.05. The summed E-state index contributed by atoms with van der Waals surface area (Å²) in [4.78, 5) is 15.4. The number of likely N-dealkylation sites (tertiary alicyclic amines) is 1. The number of hydrogen-bond acceptors (Lipinski definition) is 3. The van der Waals surface area contributed by atoms with Crippen molar-refractivity contribution in [1.82, 2.24) is 10.2 Å². The van der Waals surface area contributed by atoms with Gasteiger partial charge in [-0.2, -0.15) is 0 Å². The molecule has 0 radical (unpaired) electrons. The maximum absolute atomic E-state index is 11.6. The molecule has 1 aliphatic rings. The monoisotopic (exact) mass is 320 g/mol. The Morgan fingerprint density at radius 2 is 2.18 bits per heavy atom. The standard InChI is InChI=1S/C18H28N2OS/c1-3-18(21)19-16-8-7-12-20(14-16)15(2)11-13-22-17-9-5-4-6-10-17/h4-6,9-10,15-16H,3,7-8,11-14H2,1-2H3,(H,19,21)/t15-,16+/m1/s1. The molecule has 3 nitrogen and oxygen atoms in total. The number of carbonyl (C=O) groups is 1. The van der Waals surface area contributed by atoms with Gasteiger partial charge < -0.3 is 5.32 Å². The Morgan fingerprint density at radius 1 is 1.41 bits per heavy atom. The lowest BCUT2D eigenvalue weighted by Crippen LogP contribution is -2.50. The zero-order valence-electron chi connectivity index (χ0n) is 13.8. The van der Waals surface area contributed by atoms with Crippen molar-refractivity contribution in [2.75, 3.05) is 18.8 Å². The minimum Gasteiger partial charge on any atom is -0.352 e. The summed E-state index contributed by atoms with van der Waals surface area (Å²) >= 11 is 1.93. The van der Waals surface area contributed by atoms with Gasteiger partial charge in [0.05, 0.1) is 0 Å². The Morgan fingerprint density at radius 3 is 2.91 bits per heavy atom. The van der Waals surface area contributed by atoms with Crippen LogP contribution in [0.1, 0.15) is 39.5 Å². The highest BCUT2D eigenvalue weighted by Gasteiger charge is 2.24. The van der Waals surface area contributed by atoms with Crippen LogP contribution in [0, 0.1) is 0 Å². The van der Waals surface area contributed by atoms with E-state index < -0.39 is 0 Å². The number of carbonyl (C=O) groups excluding carboxylic acids is 1. The minimum atomic E-state index is 0.180. The van der Waals surface area contributed by atoms with Gasteiger partial charge in [-0.3, -0.25) is 9.69 Å². The van der Waals surface area contributed by atoms with Gasteiger partial charge in [-0.05, 0) is 50.6 Å². The van der Waals surface area contributed by atoms with Crippen LogP contribution in [0.15, 0.2) is 35.2 Å². The van der Waals surface area contributed by atoms with Crippen LogP contribution in [0.3, 0.4) is 0 Å². The maximum atomic E-state index is 11.6. The van der Waals surface area contributed by atoms with Crippen LogP contribution in [-0.2, 0) is 4.79 Å². The Balaban J connectivity index is 1.72. The summed E-state index contributed by atoms with van der Waals surface area (Å²) in [7, 11) is 0. The molecule has 2 atom stereocenters. The SMILES string of the molecule is CCC(=O)N[C@H]1CCCN([C@H](C)CCSc2ccccc2)C1.